The van der Waals surface area contributed by atoms with E-state index in [1.807, 2.05) is 0 Å². The molecule has 0 saturated heterocycles. The molecule has 2 heteroatoms. The fraction of sp³-hybridized carbons (Fsp3) is 0. The van der Waals surface area contributed by atoms with Gasteiger partial charge < -0.3 is 4.90 Å². The maximum atomic E-state index is 2.46. The first-order valence-electron chi connectivity index (χ1n) is 14.4. The van der Waals surface area contributed by atoms with Crippen molar-refractivity contribution in [2.45, 2.75) is 19.6 Å². The summed E-state index contributed by atoms with van der Waals surface area (Å²) in [5, 5.41) is 2.47. The van der Waals surface area contributed by atoms with Crippen molar-refractivity contribution in [3.8, 4) is 11.1 Å². The van der Waals surface area contributed by atoms with Gasteiger partial charge in [0.15, 0.2) is 0 Å². The van der Waals surface area contributed by atoms with E-state index in [9.17, 15) is 0 Å². The fourth-order valence-electron chi connectivity index (χ4n) is 6.57. The van der Waals surface area contributed by atoms with Crippen molar-refractivity contribution in [3.63, 3.8) is 0 Å². The van der Waals surface area contributed by atoms with E-state index in [0.717, 1.165) is 5.69 Å². The average molecular weight is 556 g/mol. The summed E-state index contributed by atoms with van der Waals surface area (Å²) in [6, 6.07) is 64.4. The fourth-order valence-corrected chi connectivity index (χ4v) is 10.8. The highest BCUT2D eigenvalue weighted by Gasteiger charge is 2.43. The van der Waals surface area contributed by atoms with Crippen LogP contribution in [0.1, 0.15) is 0 Å². The second-order valence-corrected chi connectivity index (χ2v) is 13.6. The van der Waals surface area contributed by atoms with E-state index in [1.165, 1.54) is 52.9 Å². The Hall–Kier alpha value is -5.05. The number of para-hydroxylation sites is 1. The van der Waals surface area contributed by atoms with Gasteiger partial charge in [0.1, 0.15) is 0 Å². The summed E-state index contributed by atoms with van der Waals surface area (Å²) in [6.07, 6.45) is 0. The molecular weight excluding hydrogens is 527 g/mol. The molecule has 0 fully saturated rings. The van der Waals surface area contributed by atoms with E-state index in [2.05, 4.69) is 181 Å². The number of fused-ring (bicyclic) bond motifs is 4. The van der Waals surface area contributed by atoms with E-state index < -0.39 is 10.0 Å². The minimum absolute atomic E-state index is 1.15. The van der Waals surface area contributed by atoms with Gasteiger partial charge in [0.05, 0.1) is 11.4 Å². The molecule has 200 valence electrons. The molecule has 0 aliphatic carbocycles. The molecule has 1 heterocycles. The molecule has 0 unspecified atom stereocenters. The van der Waals surface area contributed by atoms with E-state index >= 15 is 0 Å². The zero-order chi connectivity index (χ0) is 27.9. The molecule has 1 aliphatic heterocycles. The van der Waals surface area contributed by atoms with Crippen LogP contribution < -0.4 is 4.90 Å². The Bertz CT molecular complexity index is 1990. The van der Waals surface area contributed by atoms with Crippen LogP contribution in [0, 0.1) is 0 Å². The molecular formula is C40H29NS. The number of benzene rings is 7. The van der Waals surface area contributed by atoms with E-state index in [0.29, 0.717) is 0 Å². The lowest BCUT2D eigenvalue weighted by Crippen LogP contribution is -2.12. The standard InChI is InChI=1S/C40H29NS/c1-4-18-31(19-5-1)41(36-26-14-17-30-16-10-11-24-34(30)36)37-27-15-29-39-40(37)35-25-12-13-28-38(35)42(39,32-20-6-2-7-21-32)33-22-8-3-9-23-33/h1-29H. The van der Waals surface area contributed by atoms with Crippen LogP contribution in [0.4, 0.5) is 17.1 Å². The summed E-state index contributed by atoms with van der Waals surface area (Å²) >= 11 is 0. The third-order valence-electron chi connectivity index (χ3n) is 8.28. The first kappa shape index (κ1) is 24.7. The predicted molar refractivity (Wildman–Crippen MR) is 178 cm³/mol. The van der Waals surface area contributed by atoms with Gasteiger partial charge in [-0.25, -0.2) is 0 Å². The van der Waals surface area contributed by atoms with Crippen molar-refractivity contribution in [2.24, 2.45) is 0 Å². The average Bonchev–Trinajstić information content (AvgIpc) is 3.38. The van der Waals surface area contributed by atoms with Crippen LogP contribution in [0.3, 0.4) is 0 Å². The number of anilines is 3. The molecule has 0 aromatic heterocycles. The number of hydrogen-bond acceptors (Lipinski definition) is 1. The van der Waals surface area contributed by atoms with Gasteiger partial charge in [-0.15, -0.1) is 10.0 Å². The quantitative estimate of drug-likeness (QED) is 0.204. The molecule has 0 spiro atoms. The van der Waals surface area contributed by atoms with Gasteiger partial charge in [-0.1, -0.05) is 115 Å². The van der Waals surface area contributed by atoms with Gasteiger partial charge in [-0.05, 0) is 71.6 Å². The first-order chi connectivity index (χ1) is 20.9. The van der Waals surface area contributed by atoms with Gasteiger partial charge in [0.2, 0.25) is 0 Å². The highest BCUT2D eigenvalue weighted by Crippen LogP contribution is 2.80. The summed E-state index contributed by atoms with van der Waals surface area (Å²) in [7, 11) is -1.73. The maximum Gasteiger partial charge on any atom is 0.0551 e. The largest absolute Gasteiger partial charge is 0.309 e. The van der Waals surface area contributed by atoms with Gasteiger partial charge in [0, 0.05) is 36.2 Å². The topological polar surface area (TPSA) is 3.24 Å². The number of hydrogen-bond donors (Lipinski definition) is 0. The van der Waals surface area contributed by atoms with Crippen LogP contribution in [-0.4, -0.2) is 0 Å². The summed E-state index contributed by atoms with van der Waals surface area (Å²) in [6.45, 7) is 0. The van der Waals surface area contributed by atoms with Gasteiger partial charge in [0.25, 0.3) is 0 Å². The van der Waals surface area contributed by atoms with Crippen molar-refractivity contribution >= 4 is 37.9 Å². The Morgan fingerprint density at radius 2 is 0.905 bits per heavy atom. The zero-order valence-electron chi connectivity index (χ0n) is 23.1. The van der Waals surface area contributed by atoms with Crippen LogP contribution in [-0.2, 0) is 0 Å². The molecule has 7 aromatic rings. The maximum absolute atomic E-state index is 2.46. The molecule has 0 N–H and O–H groups in total. The summed E-state index contributed by atoms with van der Waals surface area (Å²) in [5.41, 5.74) is 6.15. The summed E-state index contributed by atoms with van der Waals surface area (Å²) in [5.74, 6) is 0. The van der Waals surface area contributed by atoms with E-state index in [4.69, 9.17) is 0 Å². The smallest absolute Gasteiger partial charge is 0.0551 e. The van der Waals surface area contributed by atoms with Crippen molar-refractivity contribution in [2.75, 3.05) is 4.90 Å². The molecule has 7 aromatic carbocycles. The lowest BCUT2D eigenvalue weighted by atomic mass is 10.0. The lowest BCUT2D eigenvalue weighted by molar-refractivity contribution is 1.26. The number of nitrogens with zero attached hydrogens (tertiary/aromatic N) is 1. The molecule has 0 radical (unpaired) electrons. The van der Waals surface area contributed by atoms with E-state index in [-0.39, 0.29) is 0 Å². The summed E-state index contributed by atoms with van der Waals surface area (Å²) in [4.78, 5) is 7.96. The van der Waals surface area contributed by atoms with Crippen molar-refractivity contribution in [1.29, 1.82) is 0 Å². The Balaban J connectivity index is 1.50. The Morgan fingerprint density at radius 1 is 0.381 bits per heavy atom. The van der Waals surface area contributed by atoms with Crippen LogP contribution in [0.25, 0.3) is 21.9 Å². The Labute approximate surface area is 248 Å². The monoisotopic (exact) mass is 555 g/mol. The molecule has 1 aliphatic rings. The molecule has 42 heavy (non-hydrogen) atoms. The highest BCUT2D eigenvalue weighted by molar-refractivity contribution is 8.34. The van der Waals surface area contributed by atoms with Crippen molar-refractivity contribution < 1.29 is 0 Å². The molecule has 0 atom stereocenters. The lowest BCUT2D eigenvalue weighted by Gasteiger charge is -2.39. The molecule has 0 bridgehead atoms. The van der Waals surface area contributed by atoms with Gasteiger partial charge >= 0.3 is 0 Å². The highest BCUT2D eigenvalue weighted by atomic mass is 32.3. The van der Waals surface area contributed by atoms with E-state index in [1.54, 1.807) is 0 Å². The van der Waals surface area contributed by atoms with Crippen LogP contribution in [0.5, 0.6) is 0 Å². The third-order valence-corrected chi connectivity index (χ3v) is 12.3. The summed E-state index contributed by atoms with van der Waals surface area (Å²) < 4.78 is 0. The van der Waals surface area contributed by atoms with Crippen molar-refractivity contribution in [3.05, 3.63) is 176 Å². The van der Waals surface area contributed by atoms with Crippen molar-refractivity contribution in [1.82, 2.24) is 0 Å². The van der Waals surface area contributed by atoms with Gasteiger partial charge in [-0.3, -0.25) is 0 Å². The number of rotatable bonds is 5. The van der Waals surface area contributed by atoms with Crippen LogP contribution in [0.15, 0.2) is 196 Å². The molecule has 1 nitrogen and oxygen atoms in total. The first-order valence-corrected chi connectivity index (χ1v) is 16.0. The molecule has 0 amide bonds. The second kappa shape index (κ2) is 10.1. The minimum atomic E-state index is -1.73. The van der Waals surface area contributed by atoms with Crippen LogP contribution >= 0.6 is 10.0 Å². The molecule has 0 saturated carbocycles. The van der Waals surface area contributed by atoms with Crippen LogP contribution in [0.2, 0.25) is 0 Å². The Morgan fingerprint density at radius 3 is 1.64 bits per heavy atom. The normalized spacial score (nSPS) is 13.7. The predicted octanol–water partition coefficient (Wildman–Crippen LogP) is 11.6. The van der Waals surface area contributed by atoms with Gasteiger partial charge in [-0.2, -0.15) is 0 Å². The second-order valence-electron chi connectivity index (χ2n) is 10.6. The Kier molecular flexibility index (Phi) is 5.94. The SMILES string of the molecule is c1ccc(N(c2cccc3c2-c2ccccc2S3(c2ccccc2)c2ccccc2)c2cccc3ccccc23)cc1. The zero-order valence-corrected chi connectivity index (χ0v) is 23.9. The third kappa shape index (κ3) is 3.66. The molecule has 8 rings (SSSR count). The minimum Gasteiger partial charge on any atom is -0.309 e.